The third-order valence-electron chi connectivity index (χ3n) is 4.75. The Morgan fingerprint density at radius 1 is 1.40 bits per heavy atom. The zero-order chi connectivity index (χ0) is 18.0. The molecule has 0 radical (unpaired) electrons. The number of benzene rings is 1. The number of fused-ring (bicyclic) bond motifs is 1. The van der Waals surface area contributed by atoms with Gasteiger partial charge < -0.3 is 15.4 Å². The minimum Gasteiger partial charge on any atom is -0.488 e. The van der Waals surface area contributed by atoms with Gasteiger partial charge in [0, 0.05) is 25.2 Å². The van der Waals surface area contributed by atoms with Gasteiger partial charge in [-0.15, -0.1) is 0 Å². The summed E-state index contributed by atoms with van der Waals surface area (Å²) in [6, 6.07) is 7.88. The molecule has 2 aromatic rings. The zero-order valence-corrected chi connectivity index (χ0v) is 15.3. The Balaban J connectivity index is 1.45. The standard InChI is InChI=1S/C19H26N4O2/c1-12(9-17-13(2)22-23(4)14(17)3)21-19(24)20-11-16-10-15-7-5-6-8-18(15)25-16/h5-8,12,16H,9-11H2,1-4H3,(H2,20,21,24)/t12-,16+/m1/s1. The largest absolute Gasteiger partial charge is 0.488 e. The van der Waals surface area contributed by atoms with Crippen LogP contribution in [0.1, 0.15) is 29.4 Å². The first-order valence-electron chi connectivity index (χ1n) is 8.72. The van der Waals surface area contributed by atoms with E-state index in [0.29, 0.717) is 6.54 Å². The van der Waals surface area contributed by atoms with Gasteiger partial charge in [0.1, 0.15) is 11.9 Å². The number of hydrogen-bond acceptors (Lipinski definition) is 3. The van der Waals surface area contributed by atoms with Crippen LogP contribution in [-0.4, -0.2) is 34.5 Å². The first kappa shape index (κ1) is 17.3. The van der Waals surface area contributed by atoms with Gasteiger partial charge >= 0.3 is 6.03 Å². The molecule has 1 aromatic carbocycles. The van der Waals surface area contributed by atoms with Crippen LogP contribution in [0, 0.1) is 13.8 Å². The van der Waals surface area contributed by atoms with E-state index in [1.165, 1.54) is 11.1 Å². The van der Waals surface area contributed by atoms with Crippen molar-refractivity contribution in [1.29, 1.82) is 0 Å². The summed E-state index contributed by atoms with van der Waals surface area (Å²) in [6.45, 7) is 6.56. The molecule has 3 rings (SSSR count). The minimum atomic E-state index is -0.161. The SMILES string of the molecule is Cc1nn(C)c(C)c1C[C@@H](C)NC(=O)NC[C@@H]1Cc2ccccc2O1. The van der Waals surface area contributed by atoms with Gasteiger partial charge in [-0.05, 0) is 44.4 Å². The fourth-order valence-corrected chi connectivity index (χ4v) is 3.32. The van der Waals surface area contributed by atoms with Crippen LogP contribution in [0.5, 0.6) is 5.75 Å². The summed E-state index contributed by atoms with van der Waals surface area (Å²) in [6.07, 6.45) is 1.60. The number of hydrogen-bond donors (Lipinski definition) is 2. The molecule has 0 unspecified atom stereocenters. The molecule has 0 aliphatic carbocycles. The van der Waals surface area contributed by atoms with E-state index in [0.717, 1.165) is 30.0 Å². The average Bonchev–Trinajstić information content (AvgIpc) is 3.09. The number of amides is 2. The lowest BCUT2D eigenvalue weighted by Crippen LogP contribution is -2.45. The van der Waals surface area contributed by atoms with Crippen LogP contribution in [0.2, 0.25) is 0 Å². The highest BCUT2D eigenvalue weighted by atomic mass is 16.5. The molecule has 2 atom stereocenters. The molecule has 0 bridgehead atoms. The molecular weight excluding hydrogens is 316 g/mol. The molecule has 1 aromatic heterocycles. The van der Waals surface area contributed by atoms with Crippen LogP contribution in [-0.2, 0) is 19.9 Å². The average molecular weight is 342 g/mol. The second-order valence-corrected chi connectivity index (χ2v) is 6.78. The van der Waals surface area contributed by atoms with Gasteiger partial charge in [0.25, 0.3) is 0 Å². The van der Waals surface area contributed by atoms with Crippen molar-refractivity contribution in [2.24, 2.45) is 7.05 Å². The highest BCUT2D eigenvalue weighted by molar-refractivity contribution is 5.74. The summed E-state index contributed by atoms with van der Waals surface area (Å²) >= 11 is 0. The van der Waals surface area contributed by atoms with Crippen LogP contribution in [0.15, 0.2) is 24.3 Å². The Morgan fingerprint density at radius 2 is 2.16 bits per heavy atom. The molecule has 0 fully saturated rings. The number of aromatic nitrogens is 2. The molecule has 1 aliphatic heterocycles. The number of ether oxygens (including phenoxy) is 1. The third-order valence-corrected chi connectivity index (χ3v) is 4.75. The lowest BCUT2D eigenvalue weighted by Gasteiger charge is -2.17. The number of urea groups is 1. The number of aryl methyl sites for hydroxylation is 2. The van der Waals surface area contributed by atoms with Gasteiger partial charge in [-0.1, -0.05) is 18.2 Å². The van der Waals surface area contributed by atoms with Crippen LogP contribution < -0.4 is 15.4 Å². The number of carbonyl (C=O) groups is 1. The van der Waals surface area contributed by atoms with Crippen molar-refractivity contribution in [3.05, 3.63) is 46.8 Å². The molecular formula is C19H26N4O2. The van der Waals surface area contributed by atoms with Gasteiger partial charge in [0.2, 0.25) is 0 Å². The zero-order valence-electron chi connectivity index (χ0n) is 15.3. The third kappa shape index (κ3) is 3.95. The maximum Gasteiger partial charge on any atom is 0.315 e. The van der Waals surface area contributed by atoms with Crippen molar-refractivity contribution >= 4 is 6.03 Å². The van der Waals surface area contributed by atoms with Crippen LogP contribution in [0.4, 0.5) is 4.79 Å². The van der Waals surface area contributed by atoms with E-state index in [2.05, 4.69) is 28.7 Å². The maximum atomic E-state index is 12.1. The van der Waals surface area contributed by atoms with Crippen molar-refractivity contribution in [2.75, 3.05) is 6.54 Å². The quantitative estimate of drug-likeness (QED) is 0.876. The van der Waals surface area contributed by atoms with E-state index in [9.17, 15) is 4.79 Å². The Hall–Kier alpha value is -2.50. The van der Waals surface area contributed by atoms with Crippen molar-refractivity contribution in [1.82, 2.24) is 20.4 Å². The van der Waals surface area contributed by atoms with Gasteiger partial charge in [0.15, 0.2) is 0 Å². The molecule has 0 saturated heterocycles. The summed E-state index contributed by atoms with van der Waals surface area (Å²) in [5.41, 5.74) is 4.56. The smallest absolute Gasteiger partial charge is 0.315 e. The van der Waals surface area contributed by atoms with Gasteiger partial charge in [-0.3, -0.25) is 4.68 Å². The Labute approximate surface area is 148 Å². The van der Waals surface area contributed by atoms with Crippen LogP contribution in [0.3, 0.4) is 0 Å². The number of nitrogens with one attached hydrogen (secondary N) is 2. The van der Waals surface area contributed by atoms with Crippen molar-refractivity contribution < 1.29 is 9.53 Å². The first-order valence-corrected chi connectivity index (χ1v) is 8.72. The molecule has 25 heavy (non-hydrogen) atoms. The first-order chi connectivity index (χ1) is 11.9. The maximum absolute atomic E-state index is 12.1. The molecule has 6 heteroatoms. The summed E-state index contributed by atoms with van der Waals surface area (Å²) in [5, 5.41) is 10.3. The van der Waals surface area contributed by atoms with Crippen molar-refractivity contribution in [3.8, 4) is 5.75 Å². The number of rotatable bonds is 5. The van der Waals surface area contributed by atoms with Crippen molar-refractivity contribution in [2.45, 2.75) is 45.8 Å². The molecule has 6 nitrogen and oxygen atoms in total. The highest BCUT2D eigenvalue weighted by Gasteiger charge is 2.23. The molecule has 134 valence electrons. The van der Waals surface area contributed by atoms with E-state index in [1.54, 1.807) is 0 Å². The fraction of sp³-hybridized carbons (Fsp3) is 0.474. The lowest BCUT2D eigenvalue weighted by atomic mass is 10.1. The molecule has 0 spiro atoms. The molecule has 2 N–H and O–H groups in total. The van der Waals surface area contributed by atoms with E-state index in [4.69, 9.17) is 4.74 Å². The number of para-hydroxylation sites is 1. The Bertz CT molecular complexity index is 744. The highest BCUT2D eigenvalue weighted by Crippen LogP contribution is 2.27. The Kier molecular flexibility index (Phi) is 4.97. The predicted molar refractivity (Wildman–Crippen MR) is 96.9 cm³/mol. The lowest BCUT2D eigenvalue weighted by molar-refractivity contribution is 0.212. The topological polar surface area (TPSA) is 68.2 Å². The minimum absolute atomic E-state index is 0.00117. The van der Waals surface area contributed by atoms with Crippen molar-refractivity contribution in [3.63, 3.8) is 0 Å². The number of carbonyl (C=O) groups excluding carboxylic acids is 1. The number of nitrogens with zero attached hydrogens (tertiary/aromatic N) is 2. The molecule has 2 amide bonds. The van der Waals surface area contributed by atoms with E-state index in [-0.39, 0.29) is 18.2 Å². The fourth-order valence-electron chi connectivity index (χ4n) is 3.32. The summed E-state index contributed by atoms with van der Waals surface area (Å²) < 4.78 is 7.72. The molecule has 1 aliphatic rings. The molecule has 2 heterocycles. The van der Waals surface area contributed by atoms with Crippen LogP contribution in [0.25, 0.3) is 0 Å². The van der Waals surface area contributed by atoms with E-state index < -0.39 is 0 Å². The monoisotopic (exact) mass is 342 g/mol. The predicted octanol–water partition coefficient (Wildman–Crippen LogP) is 2.27. The van der Waals surface area contributed by atoms with E-state index in [1.807, 2.05) is 43.8 Å². The second kappa shape index (κ2) is 7.17. The van der Waals surface area contributed by atoms with Gasteiger partial charge in [-0.2, -0.15) is 5.10 Å². The summed E-state index contributed by atoms with van der Waals surface area (Å²) in [7, 11) is 1.94. The van der Waals surface area contributed by atoms with E-state index >= 15 is 0 Å². The normalized spacial score (nSPS) is 16.9. The van der Waals surface area contributed by atoms with Gasteiger partial charge in [-0.25, -0.2) is 4.79 Å². The molecule has 0 saturated carbocycles. The second-order valence-electron chi connectivity index (χ2n) is 6.78. The summed E-state index contributed by atoms with van der Waals surface area (Å²) in [5.74, 6) is 0.922. The summed E-state index contributed by atoms with van der Waals surface area (Å²) in [4.78, 5) is 12.1. The van der Waals surface area contributed by atoms with Gasteiger partial charge in [0.05, 0.1) is 12.2 Å². The Morgan fingerprint density at radius 3 is 2.84 bits per heavy atom. The van der Waals surface area contributed by atoms with Crippen LogP contribution >= 0.6 is 0 Å².